The molecule has 9 nitrogen and oxygen atoms in total. The van der Waals surface area contributed by atoms with E-state index in [0.717, 1.165) is 5.57 Å². The van der Waals surface area contributed by atoms with Crippen molar-refractivity contribution in [1.82, 2.24) is 0 Å². The minimum atomic E-state index is -1.66. The van der Waals surface area contributed by atoms with Crippen LogP contribution in [0.4, 0.5) is 0 Å². The highest BCUT2D eigenvalue weighted by atomic mass is 35.5. The molecule has 1 saturated heterocycles. The van der Waals surface area contributed by atoms with Crippen molar-refractivity contribution in [2.75, 3.05) is 12.5 Å². The summed E-state index contributed by atoms with van der Waals surface area (Å²) in [5.41, 5.74) is -0.611. The molecule has 3 aliphatic rings. The molecule has 2 N–H and O–H groups in total. The Hall–Kier alpha value is -2.75. The molecule has 0 aromatic carbocycles. The van der Waals surface area contributed by atoms with Gasteiger partial charge in [0.15, 0.2) is 5.78 Å². The van der Waals surface area contributed by atoms with E-state index in [-0.39, 0.29) is 35.4 Å². The summed E-state index contributed by atoms with van der Waals surface area (Å²) in [5, 5.41) is 21.2. The van der Waals surface area contributed by atoms with Crippen molar-refractivity contribution in [2.24, 2.45) is 17.8 Å². The van der Waals surface area contributed by atoms with Gasteiger partial charge >= 0.3 is 17.9 Å². The first-order valence-corrected chi connectivity index (χ1v) is 12.6. The molecule has 1 heterocycles. The molecule has 37 heavy (non-hydrogen) atoms. The number of hydrogen-bond donors (Lipinski definition) is 2. The van der Waals surface area contributed by atoms with Crippen LogP contribution in [0.1, 0.15) is 40.5 Å². The Balaban J connectivity index is 1.98. The number of ether oxygens (including phenoxy) is 3. The van der Waals surface area contributed by atoms with Crippen LogP contribution in [0.2, 0.25) is 0 Å². The topological polar surface area (TPSA) is 136 Å². The summed E-state index contributed by atoms with van der Waals surface area (Å²) in [4.78, 5) is 50.1. The number of rotatable bonds is 8. The Labute approximate surface area is 220 Å². The SMILES string of the molecule is C=C1C(=O)O[C@H]2[C@H]3C(C)=C[C@@H](OC(C)=O)[C@H]3[C@@](O)(CCl)C[C@@H](OC(=O)C(=CC)CC(=O)C(=CC)CO)[C@@H]12. The van der Waals surface area contributed by atoms with Crippen molar-refractivity contribution < 1.29 is 43.6 Å². The number of alkyl halides is 1. The standard InChI is InChI=1S/C27H33ClO9/c1-6-16(9-18(31)17(7-2)11-29)26(33)36-20-10-27(34,12-28)23-19(35-15(5)30)8-13(3)21(23)24-22(20)14(4)25(32)37-24/h6-8,19-24,29,34H,4,9-12H2,1-3,5H3/t19-,20-,21+,22-,23-,24+,27+/m1/s1. The summed E-state index contributed by atoms with van der Waals surface area (Å²) in [7, 11) is 0. The van der Waals surface area contributed by atoms with E-state index in [0.29, 0.717) is 0 Å². The number of aliphatic hydroxyl groups excluding tert-OH is 1. The first kappa shape index (κ1) is 28.8. The summed E-state index contributed by atoms with van der Waals surface area (Å²) >= 11 is 6.29. The van der Waals surface area contributed by atoms with Crippen molar-refractivity contribution in [3.63, 3.8) is 0 Å². The van der Waals surface area contributed by atoms with E-state index in [9.17, 15) is 29.4 Å². The number of allylic oxidation sites excluding steroid dienone is 2. The Morgan fingerprint density at radius 2 is 1.86 bits per heavy atom. The van der Waals surface area contributed by atoms with Gasteiger partial charge in [0.1, 0.15) is 18.3 Å². The first-order valence-electron chi connectivity index (χ1n) is 12.1. The molecule has 2 fully saturated rings. The van der Waals surface area contributed by atoms with Gasteiger partial charge in [0.25, 0.3) is 0 Å². The quantitative estimate of drug-likeness (QED) is 0.157. The van der Waals surface area contributed by atoms with E-state index < -0.39 is 72.0 Å². The molecule has 1 aliphatic heterocycles. The molecule has 0 bridgehead atoms. The highest BCUT2D eigenvalue weighted by molar-refractivity contribution is 6.18. The molecule has 0 aromatic rings. The Kier molecular flexibility index (Phi) is 8.82. The summed E-state index contributed by atoms with van der Waals surface area (Å²) < 4.78 is 17.0. The third-order valence-corrected chi connectivity index (χ3v) is 7.98. The van der Waals surface area contributed by atoms with Gasteiger partial charge in [-0.3, -0.25) is 9.59 Å². The van der Waals surface area contributed by atoms with Gasteiger partial charge in [-0.15, -0.1) is 11.6 Å². The molecule has 202 valence electrons. The van der Waals surface area contributed by atoms with E-state index in [1.54, 1.807) is 26.8 Å². The van der Waals surface area contributed by atoms with Crippen LogP contribution in [0.5, 0.6) is 0 Å². The number of hydrogen-bond acceptors (Lipinski definition) is 9. The molecule has 10 heteroatoms. The molecular formula is C27H33ClO9. The molecule has 0 unspecified atom stereocenters. The number of carbonyl (C=O) groups excluding carboxylic acids is 4. The smallest absolute Gasteiger partial charge is 0.334 e. The van der Waals surface area contributed by atoms with E-state index in [4.69, 9.17) is 25.8 Å². The second-order valence-corrected chi connectivity index (χ2v) is 10.00. The van der Waals surface area contributed by atoms with E-state index in [2.05, 4.69) is 6.58 Å². The van der Waals surface area contributed by atoms with Crippen LogP contribution < -0.4 is 0 Å². The Morgan fingerprint density at radius 3 is 2.41 bits per heavy atom. The van der Waals surface area contributed by atoms with Crippen molar-refractivity contribution in [1.29, 1.82) is 0 Å². The average Bonchev–Trinajstić information content (AvgIpc) is 3.28. The van der Waals surface area contributed by atoms with E-state index in [1.807, 2.05) is 0 Å². The summed E-state index contributed by atoms with van der Waals surface area (Å²) in [6.45, 7) is 9.63. The normalized spacial score (nSPS) is 33.6. The zero-order valence-corrected chi connectivity index (χ0v) is 22.1. The molecular weight excluding hydrogens is 504 g/mol. The fraction of sp³-hybridized carbons (Fsp3) is 0.556. The summed E-state index contributed by atoms with van der Waals surface area (Å²) in [6.07, 6.45) is 1.42. The van der Waals surface area contributed by atoms with Crippen molar-refractivity contribution in [2.45, 2.75) is 64.4 Å². The lowest BCUT2D eigenvalue weighted by Crippen LogP contribution is -2.50. The summed E-state index contributed by atoms with van der Waals surface area (Å²) in [5.74, 6) is -4.81. The predicted octanol–water partition coefficient (Wildman–Crippen LogP) is 2.34. The molecule has 0 spiro atoms. The predicted molar refractivity (Wildman–Crippen MR) is 133 cm³/mol. The zero-order valence-electron chi connectivity index (χ0n) is 21.4. The van der Waals surface area contributed by atoms with Gasteiger partial charge in [-0.2, -0.15) is 0 Å². The van der Waals surface area contributed by atoms with Crippen LogP contribution in [-0.4, -0.2) is 70.3 Å². The second-order valence-electron chi connectivity index (χ2n) is 9.73. The van der Waals surface area contributed by atoms with E-state index >= 15 is 0 Å². The molecule has 1 saturated carbocycles. The number of aliphatic hydroxyl groups is 2. The lowest BCUT2D eigenvalue weighted by molar-refractivity contribution is -0.157. The van der Waals surface area contributed by atoms with Crippen molar-refractivity contribution in [3.8, 4) is 0 Å². The molecule has 0 aromatic heterocycles. The van der Waals surface area contributed by atoms with Crippen LogP contribution in [0.25, 0.3) is 0 Å². The molecule has 0 amide bonds. The van der Waals surface area contributed by atoms with Crippen LogP contribution in [0.3, 0.4) is 0 Å². The maximum atomic E-state index is 13.2. The monoisotopic (exact) mass is 536 g/mol. The van der Waals surface area contributed by atoms with Gasteiger partial charge in [0.05, 0.1) is 24.0 Å². The van der Waals surface area contributed by atoms with Crippen molar-refractivity contribution in [3.05, 3.63) is 47.1 Å². The van der Waals surface area contributed by atoms with Gasteiger partial charge in [0.2, 0.25) is 0 Å². The third-order valence-electron chi connectivity index (χ3n) is 7.52. The minimum Gasteiger partial charge on any atom is -0.458 e. The zero-order chi connectivity index (χ0) is 27.7. The van der Waals surface area contributed by atoms with E-state index in [1.165, 1.54) is 19.1 Å². The second kappa shape index (κ2) is 11.3. The number of esters is 3. The molecule has 2 aliphatic carbocycles. The number of halogens is 1. The summed E-state index contributed by atoms with van der Waals surface area (Å²) in [6, 6.07) is 0. The molecule has 7 atom stereocenters. The average molecular weight is 537 g/mol. The number of Topliss-reactive ketones (excluding diaryl/α,β-unsaturated/α-hetero) is 1. The lowest BCUT2D eigenvalue weighted by Gasteiger charge is -2.38. The maximum absolute atomic E-state index is 13.2. The Morgan fingerprint density at radius 1 is 1.22 bits per heavy atom. The van der Waals surface area contributed by atoms with Gasteiger partial charge in [-0.05, 0) is 26.8 Å². The number of fused-ring (bicyclic) bond motifs is 3. The van der Waals surface area contributed by atoms with Crippen LogP contribution >= 0.6 is 11.6 Å². The maximum Gasteiger partial charge on any atom is 0.334 e. The highest BCUT2D eigenvalue weighted by Crippen LogP contribution is 2.54. The number of ketones is 1. The van der Waals surface area contributed by atoms with Crippen LogP contribution in [-0.2, 0) is 33.4 Å². The number of carbonyl (C=O) groups is 4. The molecule has 0 radical (unpaired) electrons. The highest BCUT2D eigenvalue weighted by Gasteiger charge is 2.62. The van der Waals surface area contributed by atoms with Gasteiger partial charge in [0, 0.05) is 48.3 Å². The Bertz CT molecular complexity index is 1090. The lowest BCUT2D eigenvalue weighted by atomic mass is 9.75. The largest absolute Gasteiger partial charge is 0.458 e. The van der Waals surface area contributed by atoms with Gasteiger partial charge in [-0.25, -0.2) is 9.59 Å². The fourth-order valence-corrected chi connectivity index (χ4v) is 5.99. The fourth-order valence-electron chi connectivity index (χ4n) is 5.71. The minimum absolute atomic E-state index is 0.0536. The van der Waals surface area contributed by atoms with Gasteiger partial charge < -0.3 is 24.4 Å². The molecule has 3 rings (SSSR count). The third kappa shape index (κ3) is 5.44. The van der Waals surface area contributed by atoms with Gasteiger partial charge in [-0.1, -0.05) is 24.3 Å². The van der Waals surface area contributed by atoms with Crippen LogP contribution in [0.15, 0.2) is 47.1 Å². The van der Waals surface area contributed by atoms with Crippen LogP contribution in [0, 0.1) is 17.8 Å². The van der Waals surface area contributed by atoms with Crippen molar-refractivity contribution >= 4 is 35.3 Å². The first-order chi connectivity index (χ1) is 17.4.